The Morgan fingerprint density at radius 2 is 1.75 bits per heavy atom. The van der Waals surface area contributed by atoms with E-state index >= 15 is 0 Å². The van der Waals surface area contributed by atoms with Gasteiger partial charge in [0, 0.05) is 23.6 Å². The van der Waals surface area contributed by atoms with Gasteiger partial charge in [0.1, 0.15) is 5.56 Å². The van der Waals surface area contributed by atoms with Crippen LogP contribution in [-0.2, 0) is 6.54 Å². The van der Waals surface area contributed by atoms with Gasteiger partial charge in [-0.25, -0.2) is 0 Å². The molecule has 0 unspecified atom stereocenters. The number of halogens is 1. The van der Waals surface area contributed by atoms with E-state index < -0.39 is 4.92 Å². The Bertz CT molecular complexity index is 925. The van der Waals surface area contributed by atoms with E-state index in [1.165, 1.54) is 12.1 Å². The van der Waals surface area contributed by atoms with Crippen LogP contribution in [0.5, 0.6) is 0 Å². The SMILES string of the molecule is Cc1cc[n+](CC(=O)c2ccccc2[N+](=O)[O-])c2ccccc12.[Br-]. The van der Waals surface area contributed by atoms with E-state index in [4.69, 9.17) is 0 Å². The Balaban J connectivity index is 0.00000208. The Labute approximate surface area is 149 Å². The number of carbonyl (C=O) groups excluding carboxylic acids is 1. The third kappa shape index (κ3) is 3.33. The van der Waals surface area contributed by atoms with E-state index in [0.717, 1.165) is 16.5 Å². The second-order valence-corrected chi connectivity index (χ2v) is 5.34. The van der Waals surface area contributed by atoms with Crippen LogP contribution in [0.25, 0.3) is 10.9 Å². The molecule has 0 aliphatic rings. The van der Waals surface area contributed by atoms with Crippen LogP contribution in [0.2, 0.25) is 0 Å². The summed E-state index contributed by atoms with van der Waals surface area (Å²) in [7, 11) is 0. The van der Waals surface area contributed by atoms with Gasteiger partial charge < -0.3 is 17.0 Å². The maximum absolute atomic E-state index is 12.5. The van der Waals surface area contributed by atoms with Gasteiger partial charge in [0.05, 0.1) is 4.92 Å². The van der Waals surface area contributed by atoms with Gasteiger partial charge >= 0.3 is 0 Å². The summed E-state index contributed by atoms with van der Waals surface area (Å²) in [6.07, 6.45) is 1.84. The molecule has 0 bridgehead atoms. The van der Waals surface area contributed by atoms with Gasteiger partial charge in [-0.3, -0.25) is 14.9 Å². The number of aryl methyl sites for hydroxylation is 1. The monoisotopic (exact) mass is 386 g/mol. The number of carbonyl (C=O) groups is 1. The van der Waals surface area contributed by atoms with Crippen molar-refractivity contribution in [2.75, 3.05) is 0 Å². The summed E-state index contributed by atoms with van der Waals surface area (Å²) in [4.78, 5) is 23.1. The molecule has 0 saturated carbocycles. The molecular formula is C18H15BrN2O3. The number of nitro groups is 1. The largest absolute Gasteiger partial charge is 1.00 e. The lowest BCUT2D eigenvalue weighted by Gasteiger charge is -2.04. The number of para-hydroxylation sites is 2. The number of pyridine rings is 1. The summed E-state index contributed by atoms with van der Waals surface area (Å²) in [5, 5.41) is 12.1. The van der Waals surface area contributed by atoms with Crippen LogP contribution >= 0.6 is 0 Å². The predicted molar refractivity (Wildman–Crippen MR) is 86.3 cm³/mol. The highest BCUT2D eigenvalue weighted by atomic mass is 79.9. The Kier molecular flexibility index (Phi) is 5.41. The van der Waals surface area contributed by atoms with Crippen molar-refractivity contribution in [3.63, 3.8) is 0 Å². The number of benzene rings is 2. The van der Waals surface area contributed by atoms with E-state index in [-0.39, 0.29) is 40.6 Å². The average Bonchev–Trinajstić information content (AvgIpc) is 2.57. The van der Waals surface area contributed by atoms with Crippen LogP contribution < -0.4 is 21.5 Å². The van der Waals surface area contributed by atoms with Crippen LogP contribution in [0.4, 0.5) is 5.69 Å². The molecule has 122 valence electrons. The summed E-state index contributed by atoms with van der Waals surface area (Å²) < 4.78 is 1.82. The van der Waals surface area contributed by atoms with Gasteiger partial charge in [0.15, 0.2) is 6.20 Å². The molecule has 0 saturated heterocycles. The van der Waals surface area contributed by atoms with E-state index in [1.807, 2.05) is 48.0 Å². The van der Waals surface area contributed by atoms with E-state index in [1.54, 1.807) is 12.1 Å². The molecule has 5 nitrogen and oxygen atoms in total. The predicted octanol–water partition coefficient (Wildman–Crippen LogP) is 0.231. The summed E-state index contributed by atoms with van der Waals surface area (Å²) in [6, 6.07) is 15.8. The highest BCUT2D eigenvalue weighted by molar-refractivity contribution is 5.99. The van der Waals surface area contributed by atoms with Crippen molar-refractivity contribution in [2.24, 2.45) is 0 Å². The molecule has 0 aliphatic heterocycles. The molecule has 0 fully saturated rings. The molecule has 0 spiro atoms. The number of hydrogen-bond acceptors (Lipinski definition) is 3. The molecule has 0 radical (unpaired) electrons. The van der Waals surface area contributed by atoms with Gasteiger partial charge in [0.25, 0.3) is 5.69 Å². The van der Waals surface area contributed by atoms with E-state index in [9.17, 15) is 14.9 Å². The van der Waals surface area contributed by atoms with Crippen molar-refractivity contribution in [1.82, 2.24) is 0 Å². The Hall–Kier alpha value is -2.60. The first-order valence-corrected chi connectivity index (χ1v) is 7.22. The third-order valence-electron chi connectivity index (χ3n) is 3.86. The normalized spacial score (nSPS) is 10.2. The van der Waals surface area contributed by atoms with Gasteiger partial charge in [0.2, 0.25) is 17.8 Å². The fourth-order valence-electron chi connectivity index (χ4n) is 2.68. The van der Waals surface area contributed by atoms with Crippen LogP contribution in [-0.4, -0.2) is 10.7 Å². The number of nitro benzene ring substituents is 1. The second-order valence-electron chi connectivity index (χ2n) is 5.34. The molecule has 0 N–H and O–H groups in total. The Morgan fingerprint density at radius 1 is 1.08 bits per heavy atom. The minimum absolute atomic E-state index is 0. The van der Waals surface area contributed by atoms with Crippen LogP contribution in [0, 0.1) is 17.0 Å². The summed E-state index contributed by atoms with van der Waals surface area (Å²) in [6.45, 7) is 2.07. The number of Topliss-reactive ketones (excluding diaryl/α,β-unsaturated/α-hetero) is 1. The lowest BCUT2D eigenvalue weighted by Crippen LogP contribution is -3.00. The zero-order valence-electron chi connectivity index (χ0n) is 13.0. The summed E-state index contributed by atoms with van der Waals surface area (Å²) >= 11 is 0. The van der Waals surface area contributed by atoms with Crippen LogP contribution in [0.1, 0.15) is 15.9 Å². The van der Waals surface area contributed by atoms with Gasteiger partial charge in [-0.15, -0.1) is 0 Å². The number of hydrogen-bond donors (Lipinski definition) is 0. The van der Waals surface area contributed by atoms with Crippen molar-refractivity contribution in [3.8, 4) is 0 Å². The minimum Gasteiger partial charge on any atom is -1.00 e. The number of nitrogens with zero attached hydrogens (tertiary/aromatic N) is 2. The minimum atomic E-state index is -0.523. The first-order valence-electron chi connectivity index (χ1n) is 7.22. The summed E-state index contributed by atoms with van der Waals surface area (Å²) in [5.74, 6) is -0.281. The molecule has 0 amide bonds. The lowest BCUT2D eigenvalue weighted by molar-refractivity contribution is -0.657. The van der Waals surface area contributed by atoms with Crippen molar-refractivity contribution in [1.29, 1.82) is 0 Å². The molecule has 24 heavy (non-hydrogen) atoms. The van der Waals surface area contributed by atoms with Crippen molar-refractivity contribution in [2.45, 2.75) is 13.5 Å². The number of fused-ring (bicyclic) bond motifs is 1. The Morgan fingerprint density at radius 3 is 2.50 bits per heavy atom. The maximum Gasteiger partial charge on any atom is 0.280 e. The van der Waals surface area contributed by atoms with E-state index in [2.05, 4.69) is 0 Å². The summed E-state index contributed by atoms with van der Waals surface area (Å²) in [5.41, 5.74) is 2.03. The second kappa shape index (κ2) is 7.31. The highest BCUT2D eigenvalue weighted by Crippen LogP contribution is 2.19. The first-order chi connectivity index (χ1) is 11.1. The van der Waals surface area contributed by atoms with Crippen molar-refractivity contribution >= 4 is 22.4 Å². The van der Waals surface area contributed by atoms with Crippen molar-refractivity contribution < 1.29 is 31.3 Å². The van der Waals surface area contributed by atoms with Crippen molar-refractivity contribution in [3.05, 3.63) is 82.0 Å². The van der Waals surface area contributed by atoms with Gasteiger partial charge in [-0.1, -0.05) is 24.3 Å². The zero-order valence-corrected chi connectivity index (χ0v) is 14.6. The molecule has 2 aromatic carbocycles. The fraction of sp³-hybridized carbons (Fsp3) is 0.111. The molecule has 1 aromatic heterocycles. The van der Waals surface area contributed by atoms with Crippen LogP contribution in [0.15, 0.2) is 60.8 Å². The number of rotatable bonds is 4. The molecule has 6 heteroatoms. The number of aromatic nitrogens is 1. The zero-order chi connectivity index (χ0) is 16.4. The molecule has 0 aliphatic carbocycles. The number of ketones is 1. The molecule has 3 rings (SSSR count). The van der Waals surface area contributed by atoms with Crippen LogP contribution in [0.3, 0.4) is 0 Å². The average molecular weight is 387 g/mol. The fourth-order valence-corrected chi connectivity index (χ4v) is 2.68. The van der Waals surface area contributed by atoms with Gasteiger partial charge in [-0.2, -0.15) is 4.57 Å². The highest BCUT2D eigenvalue weighted by Gasteiger charge is 2.23. The quantitative estimate of drug-likeness (QED) is 0.279. The van der Waals surface area contributed by atoms with E-state index in [0.29, 0.717) is 0 Å². The lowest BCUT2D eigenvalue weighted by atomic mass is 10.1. The van der Waals surface area contributed by atoms with Gasteiger partial charge in [-0.05, 0) is 24.6 Å². The standard InChI is InChI=1S/C18H15N2O3.BrH/c1-13-10-11-19(16-8-4-2-6-14(13)16)12-18(21)15-7-3-5-9-17(15)20(22)23;/h2-11H,12H2,1H3;1H/q+1;/p-1. The third-order valence-corrected chi connectivity index (χ3v) is 3.86. The first kappa shape index (κ1) is 17.7. The topological polar surface area (TPSA) is 64.1 Å². The molecule has 0 atom stereocenters. The molecule has 1 heterocycles. The molecular weight excluding hydrogens is 372 g/mol. The molecule has 3 aromatic rings. The smallest absolute Gasteiger partial charge is 0.280 e. The maximum atomic E-state index is 12.5.